The number of esters is 2. The summed E-state index contributed by atoms with van der Waals surface area (Å²) in [5.41, 5.74) is 0. The molecule has 5 atom stereocenters. The normalized spacial score (nSPS) is 25.0. The molecule has 1 saturated heterocycles. The highest BCUT2D eigenvalue weighted by Crippen LogP contribution is 2.21. The monoisotopic (exact) mass is 480 g/mol. The van der Waals surface area contributed by atoms with Crippen molar-refractivity contribution in [3.05, 3.63) is 0 Å². The highest BCUT2D eigenvalue weighted by Gasteiger charge is 2.42. The molecule has 13 nitrogen and oxygen atoms in total. The Morgan fingerprint density at radius 2 is 1.48 bits per heavy atom. The molecule has 33 heavy (non-hydrogen) atoms. The number of aliphatic hydroxyl groups is 3. The molecule has 0 radical (unpaired) electrons. The maximum Gasteiger partial charge on any atom is 0.320 e. The van der Waals surface area contributed by atoms with Crippen LogP contribution in [-0.2, 0) is 38.1 Å². The first-order valence-electron chi connectivity index (χ1n) is 10.9. The fourth-order valence-electron chi connectivity index (χ4n) is 2.94. The van der Waals surface area contributed by atoms with Gasteiger partial charge in [0.25, 0.3) is 0 Å². The Morgan fingerprint density at radius 3 is 2.06 bits per heavy atom. The van der Waals surface area contributed by atoms with Gasteiger partial charge in [-0.25, -0.2) is 0 Å². The van der Waals surface area contributed by atoms with Gasteiger partial charge in [-0.2, -0.15) is 0 Å². The van der Waals surface area contributed by atoms with Crippen LogP contribution in [-0.4, -0.2) is 128 Å². The van der Waals surface area contributed by atoms with Gasteiger partial charge >= 0.3 is 11.9 Å². The van der Waals surface area contributed by atoms with Crippen LogP contribution in [0, 0.1) is 0 Å². The molecule has 1 amide bonds. The summed E-state index contributed by atoms with van der Waals surface area (Å²) in [7, 11) is 0. The lowest BCUT2D eigenvalue weighted by atomic mass is 10.0. The first-order chi connectivity index (χ1) is 15.7. The lowest BCUT2D eigenvalue weighted by Crippen LogP contribution is -2.57. The van der Waals surface area contributed by atoms with Crippen LogP contribution in [0.4, 0.5) is 0 Å². The van der Waals surface area contributed by atoms with Crippen LogP contribution in [0.15, 0.2) is 0 Å². The second-order valence-electron chi connectivity index (χ2n) is 7.27. The Bertz CT molecular complexity index is 587. The average Bonchev–Trinajstić information content (AvgIpc) is 2.75. The molecule has 0 saturated carbocycles. The zero-order valence-corrected chi connectivity index (χ0v) is 19.3. The minimum atomic E-state index is -1.39. The first kappa shape index (κ1) is 29.2. The summed E-state index contributed by atoms with van der Waals surface area (Å²) in [5, 5.41) is 31.8. The van der Waals surface area contributed by atoms with E-state index < -0.39 is 48.6 Å². The van der Waals surface area contributed by atoms with Crippen LogP contribution in [0.25, 0.3) is 0 Å². The number of rotatable bonds is 15. The number of ether oxygens (including phenoxy) is 5. The van der Waals surface area contributed by atoms with Gasteiger partial charge in [0.05, 0.1) is 58.8 Å². The Labute approximate surface area is 192 Å². The zero-order valence-electron chi connectivity index (χ0n) is 19.3. The van der Waals surface area contributed by atoms with E-state index in [1.807, 2.05) is 0 Å². The summed E-state index contributed by atoms with van der Waals surface area (Å²) in [6.07, 6.45) is -5.75. The van der Waals surface area contributed by atoms with Crippen molar-refractivity contribution < 1.29 is 53.4 Å². The maximum absolute atomic E-state index is 12.1. The largest absolute Gasteiger partial charge is 0.465 e. The van der Waals surface area contributed by atoms with Gasteiger partial charge in [0, 0.05) is 6.54 Å². The quantitative estimate of drug-likeness (QED) is 0.142. The number of nitrogens with zero attached hydrogens (tertiary/aromatic N) is 1. The van der Waals surface area contributed by atoms with Gasteiger partial charge in [-0.05, 0) is 20.8 Å². The van der Waals surface area contributed by atoms with Gasteiger partial charge in [0.2, 0.25) is 5.91 Å². The minimum absolute atomic E-state index is 0.0536. The lowest BCUT2D eigenvalue weighted by molar-refractivity contribution is -0.294. The molecule has 1 heterocycles. The molecule has 1 aliphatic heterocycles. The predicted molar refractivity (Wildman–Crippen MR) is 112 cm³/mol. The average molecular weight is 481 g/mol. The summed E-state index contributed by atoms with van der Waals surface area (Å²) < 4.78 is 25.7. The minimum Gasteiger partial charge on any atom is -0.465 e. The van der Waals surface area contributed by atoms with Crippen molar-refractivity contribution >= 4 is 17.8 Å². The standard InChI is InChI=1S/C20H36N2O11/c1-4-30-15(24)11-22(12-16(25)31-5-2)10-14(23)21-6-7-29-8-9-32-20-19(28)18(27)17(26)13(3)33-20/h13,17-20,26-28H,4-12H2,1-3H3,(H,21,23)/t13-,17-,18+,19+,20+/m0/s1. The van der Waals surface area contributed by atoms with Gasteiger partial charge in [-0.15, -0.1) is 0 Å². The van der Waals surface area contributed by atoms with Gasteiger partial charge in [0.15, 0.2) is 6.29 Å². The molecule has 0 aromatic rings. The third-order valence-electron chi connectivity index (χ3n) is 4.57. The van der Waals surface area contributed by atoms with E-state index in [-0.39, 0.29) is 59.2 Å². The van der Waals surface area contributed by atoms with Crippen LogP contribution in [0.3, 0.4) is 0 Å². The first-order valence-corrected chi connectivity index (χ1v) is 10.9. The molecule has 0 aromatic carbocycles. The highest BCUT2D eigenvalue weighted by molar-refractivity contribution is 5.81. The number of aliphatic hydroxyl groups excluding tert-OH is 3. The Morgan fingerprint density at radius 1 is 0.879 bits per heavy atom. The Kier molecular flexibility index (Phi) is 14.0. The zero-order chi connectivity index (χ0) is 24.8. The van der Waals surface area contributed by atoms with Crippen LogP contribution in [0.2, 0.25) is 0 Å². The van der Waals surface area contributed by atoms with Gasteiger partial charge < -0.3 is 44.3 Å². The van der Waals surface area contributed by atoms with Crippen LogP contribution < -0.4 is 5.32 Å². The Balaban J connectivity index is 2.25. The number of nitrogens with one attached hydrogen (secondary N) is 1. The van der Waals surface area contributed by atoms with E-state index in [1.54, 1.807) is 20.8 Å². The molecule has 1 aliphatic rings. The lowest BCUT2D eigenvalue weighted by Gasteiger charge is -2.38. The van der Waals surface area contributed by atoms with Crippen molar-refractivity contribution in [2.24, 2.45) is 0 Å². The fraction of sp³-hybridized carbons (Fsp3) is 0.850. The molecular formula is C20H36N2O11. The molecule has 0 unspecified atom stereocenters. The van der Waals surface area contributed by atoms with Gasteiger partial charge in [-0.1, -0.05) is 0 Å². The van der Waals surface area contributed by atoms with E-state index in [9.17, 15) is 29.7 Å². The highest BCUT2D eigenvalue weighted by atomic mass is 16.7. The molecule has 0 aromatic heterocycles. The SMILES string of the molecule is CCOC(=O)CN(CC(=O)NCCOCCO[C@@H]1O[C@@H](C)[C@H](O)[C@@H](O)[C@H]1O)CC(=O)OCC. The molecule has 0 bridgehead atoms. The van der Waals surface area contributed by atoms with E-state index >= 15 is 0 Å². The predicted octanol–water partition coefficient (Wildman–Crippen LogP) is -2.61. The Hall–Kier alpha value is -1.87. The number of carbonyl (C=O) groups is 3. The van der Waals surface area contributed by atoms with Crippen molar-refractivity contribution in [1.82, 2.24) is 10.2 Å². The second-order valence-corrected chi connectivity index (χ2v) is 7.27. The van der Waals surface area contributed by atoms with Crippen LogP contribution >= 0.6 is 0 Å². The third-order valence-corrected chi connectivity index (χ3v) is 4.57. The molecule has 0 spiro atoms. The van der Waals surface area contributed by atoms with E-state index in [4.69, 9.17) is 23.7 Å². The van der Waals surface area contributed by atoms with Crippen molar-refractivity contribution in [3.8, 4) is 0 Å². The summed E-state index contributed by atoms with van der Waals surface area (Å²) in [6, 6.07) is 0. The molecule has 0 aliphatic carbocycles. The number of hydrogen-bond acceptors (Lipinski definition) is 12. The third kappa shape index (κ3) is 11.2. The second kappa shape index (κ2) is 15.9. The van der Waals surface area contributed by atoms with E-state index in [1.165, 1.54) is 4.90 Å². The molecule has 13 heteroatoms. The van der Waals surface area contributed by atoms with Crippen molar-refractivity contribution in [2.45, 2.75) is 51.5 Å². The maximum atomic E-state index is 12.1. The van der Waals surface area contributed by atoms with Gasteiger partial charge in [0.1, 0.15) is 18.3 Å². The summed E-state index contributed by atoms with van der Waals surface area (Å²) >= 11 is 0. The van der Waals surface area contributed by atoms with Crippen LogP contribution in [0.1, 0.15) is 20.8 Å². The number of amides is 1. The van der Waals surface area contributed by atoms with Crippen molar-refractivity contribution in [1.29, 1.82) is 0 Å². The summed E-state index contributed by atoms with van der Waals surface area (Å²) in [5.74, 6) is -1.52. The van der Waals surface area contributed by atoms with Gasteiger partial charge in [-0.3, -0.25) is 19.3 Å². The smallest absolute Gasteiger partial charge is 0.320 e. The van der Waals surface area contributed by atoms with Crippen LogP contribution in [0.5, 0.6) is 0 Å². The van der Waals surface area contributed by atoms with E-state index in [0.717, 1.165) is 0 Å². The number of hydrogen-bond donors (Lipinski definition) is 4. The van der Waals surface area contributed by atoms with E-state index in [0.29, 0.717) is 0 Å². The molecule has 1 fully saturated rings. The molecular weight excluding hydrogens is 444 g/mol. The topological polar surface area (TPSA) is 173 Å². The summed E-state index contributed by atoms with van der Waals surface area (Å²) in [6.45, 7) is 5.10. The fourth-order valence-corrected chi connectivity index (χ4v) is 2.94. The molecule has 1 rings (SSSR count). The number of carbonyl (C=O) groups excluding carboxylic acids is 3. The van der Waals surface area contributed by atoms with Crippen molar-refractivity contribution in [2.75, 3.05) is 59.2 Å². The molecule has 192 valence electrons. The summed E-state index contributed by atoms with van der Waals surface area (Å²) in [4.78, 5) is 36.8. The molecule has 4 N–H and O–H groups in total. The van der Waals surface area contributed by atoms with E-state index in [2.05, 4.69) is 5.32 Å². The van der Waals surface area contributed by atoms with Crippen molar-refractivity contribution in [3.63, 3.8) is 0 Å².